The standard InChI is InChI=1S/C16H19NO2/c1-11-3-2-4-13-9-15(19-16(11)13)14(18)6-5-12-7-8-17-10-12/h2-4,9,12,17H,5-8,10H2,1H3. The number of hydrogen-bond acceptors (Lipinski definition) is 3. The second kappa shape index (κ2) is 5.17. The molecular formula is C16H19NO2. The Morgan fingerprint density at radius 3 is 3.11 bits per heavy atom. The van der Waals surface area contributed by atoms with E-state index >= 15 is 0 Å². The van der Waals surface area contributed by atoms with Gasteiger partial charge in [0, 0.05) is 11.8 Å². The molecule has 1 aliphatic heterocycles. The second-order valence-corrected chi connectivity index (χ2v) is 5.42. The number of para-hydroxylation sites is 1. The van der Waals surface area contributed by atoms with E-state index in [1.165, 1.54) is 6.42 Å². The molecule has 3 heteroatoms. The predicted octanol–water partition coefficient (Wildman–Crippen LogP) is 3.31. The molecule has 1 aromatic heterocycles. The monoisotopic (exact) mass is 257 g/mol. The summed E-state index contributed by atoms with van der Waals surface area (Å²) >= 11 is 0. The molecular weight excluding hydrogens is 238 g/mol. The minimum absolute atomic E-state index is 0.127. The number of nitrogens with one attached hydrogen (secondary N) is 1. The van der Waals surface area contributed by atoms with Gasteiger partial charge in [-0.3, -0.25) is 4.79 Å². The highest BCUT2D eigenvalue weighted by atomic mass is 16.3. The smallest absolute Gasteiger partial charge is 0.198 e. The Morgan fingerprint density at radius 1 is 1.47 bits per heavy atom. The van der Waals surface area contributed by atoms with Crippen molar-refractivity contribution >= 4 is 16.8 Å². The number of ketones is 1. The van der Waals surface area contributed by atoms with Gasteiger partial charge in [-0.05, 0) is 50.4 Å². The van der Waals surface area contributed by atoms with Crippen LogP contribution in [0.2, 0.25) is 0 Å². The number of hydrogen-bond donors (Lipinski definition) is 1. The third-order valence-corrected chi connectivity index (χ3v) is 3.96. The van der Waals surface area contributed by atoms with E-state index in [-0.39, 0.29) is 5.78 Å². The van der Waals surface area contributed by atoms with Crippen molar-refractivity contribution in [3.05, 3.63) is 35.6 Å². The Hall–Kier alpha value is -1.61. The van der Waals surface area contributed by atoms with Gasteiger partial charge in [-0.1, -0.05) is 18.2 Å². The summed E-state index contributed by atoms with van der Waals surface area (Å²) in [7, 11) is 0. The number of Topliss-reactive ketones (excluding diaryl/α,β-unsaturated/α-hetero) is 1. The maximum Gasteiger partial charge on any atom is 0.198 e. The fourth-order valence-electron chi connectivity index (χ4n) is 2.77. The van der Waals surface area contributed by atoms with Crippen LogP contribution in [0.4, 0.5) is 0 Å². The summed E-state index contributed by atoms with van der Waals surface area (Å²) in [6, 6.07) is 7.86. The third kappa shape index (κ3) is 2.56. The number of aryl methyl sites for hydroxylation is 1. The zero-order valence-corrected chi connectivity index (χ0v) is 11.2. The Labute approximate surface area is 113 Å². The molecule has 0 spiro atoms. The van der Waals surface area contributed by atoms with Crippen LogP contribution in [0.1, 0.15) is 35.4 Å². The molecule has 1 N–H and O–H groups in total. The lowest BCUT2D eigenvalue weighted by Gasteiger charge is -2.05. The first-order valence-corrected chi connectivity index (χ1v) is 6.97. The molecule has 1 atom stereocenters. The minimum Gasteiger partial charge on any atom is -0.453 e. The van der Waals surface area contributed by atoms with Crippen molar-refractivity contribution in [2.24, 2.45) is 5.92 Å². The summed E-state index contributed by atoms with van der Waals surface area (Å²) in [5.41, 5.74) is 1.92. The average Bonchev–Trinajstić information content (AvgIpc) is 3.05. The number of fused-ring (bicyclic) bond motifs is 1. The SMILES string of the molecule is Cc1cccc2cc(C(=O)CCC3CCNC3)oc12. The molecule has 3 rings (SSSR count). The Kier molecular flexibility index (Phi) is 3.38. The van der Waals surface area contributed by atoms with E-state index < -0.39 is 0 Å². The van der Waals surface area contributed by atoms with Gasteiger partial charge in [-0.2, -0.15) is 0 Å². The average molecular weight is 257 g/mol. The molecule has 1 aliphatic rings. The molecule has 100 valence electrons. The van der Waals surface area contributed by atoms with Gasteiger partial charge in [0.2, 0.25) is 0 Å². The number of carbonyl (C=O) groups excluding carboxylic acids is 1. The molecule has 1 saturated heterocycles. The first kappa shape index (κ1) is 12.4. The van der Waals surface area contributed by atoms with Crippen LogP contribution in [0.5, 0.6) is 0 Å². The van der Waals surface area contributed by atoms with Crippen LogP contribution in [0.3, 0.4) is 0 Å². The van der Waals surface area contributed by atoms with E-state index in [2.05, 4.69) is 5.32 Å². The molecule has 1 aromatic carbocycles. The van der Waals surface area contributed by atoms with Crippen LogP contribution in [-0.2, 0) is 0 Å². The first-order valence-electron chi connectivity index (χ1n) is 6.97. The molecule has 0 saturated carbocycles. The van der Waals surface area contributed by atoms with Crippen molar-refractivity contribution in [1.29, 1.82) is 0 Å². The van der Waals surface area contributed by atoms with Gasteiger partial charge in [0.15, 0.2) is 11.5 Å². The second-order valence-electron chi connectivity index (χ2n) is 5.42. The number of rotatable bonds is 4. The van der Waals surface area contributed by atoms with E-state index in [0.717, 1.165) is 36.0 Å². The van der Waals surface area contributed by atoms with E-state index in [0.29, 0.717) is 18.1 Å². The van der Waals surface area contributed by atoms with E-state index in [1.54, 1.807) is 0 Å². The lowest BCUT2D eigenvalue weighted by atomic mass is 10.0. The molecule has 0 amide bonds. The molecule has 0 radical (unpaired) electrons. The molecule has 1 fully saturated rings. The van der Waals surface area contributed by atoms with E-state index in [4.69, 9.17) is 4.42 Å². The van der Waals surface area contributed by atoms with Gasteiger partial charge >= 0.3 is 0 Å². The van der Waals surface area contributed by atoms with Gasteiger partial charge in [0.25, 0.3) is 0 Å². The van der Waals surface area contributed by atoms with Crippen LogP contribution in [0.15, 0.2) is 28.7 Å². The first-order chi connectivity index (χ1) is 9.24. The van der Waals surface area contributed by atoms with Gasteiger partial charge in [0.05, 0.1) is 0 Å². The zero-order valence-electron chi connectivity index (χ0n) is 11.2. The maximum atomic E-state index is 12.2. The number of benzene rings is 1. The minimum atomic E-state index is 0.127. The summed E-state index contributed by atoms with van der Waals surface area (Å²) in [5, 5.41) is 4.35. The van der Waals surface area contributed by atoms with Crippen LogP contribution in [0.25, 0.3) is 11.0 Å². The van der Waals surface area contributed by atoms with Crippen molar-refractivity contribution in [3.8, 4) is 0 Å². The molecule has 19 heavy (non-hydrogen) atoms. The van der Waals surface area contributed by atoms with Crippen molar-refractivity contribution < 1.29 is 9.21 Å². The summed E-state index contributed by atoms with van der Waals surface area (Å²) in [6.07, 6.45) is 2.74. The third-order valence-electron chi connectivity index (χ3n) is 3.96. The number of furan rings is 1. The topological polar surface area (TPSA) is 42.2 Å². The number of carbonyl (C=O) groups is 1. The van der Waals surface area contributed by atoms with Crippen LogP contribution in [-0.4, -0.2) is 18.9 Å². The van der Waals surface area contributed by atoms with Crippen LogP contribution in [0, 0.1) is 12.8 Å². The Balaban J connectivity index is 1.72. The maximum absolute atomic E-state index is 12.2. The van der Waals surface area contributed by atoms with Crippen molar-refractivity contribution in [2.45, 2.75) is 26.2 Å². The molecule has 0 aliphatic carbocycles. The molecule has 3 nitrogen and oxygen atoms in total. The van der Waals surface area contributed by atoms with Gasteiger partial charge in [0.1, 0.15) is 5.58 Å². The van der Waals surface area contributed by atoms with Crippen molar-refractivity contribution in [1.82, 2.24) is 5.32 Å². The van der Waals surface area contributed by atoms with Gasteiger partial charge < -0.3 is 9.73 Å². The molecule has 2 heterocycles. The van der Waals surface area contributed by atoms with Crippen LogP contribution >= 0.6 is 0 Å². The fraction of sp³-hybridized carbons (Fsp3) is 0.438. The summed E-state index contributed by atoms with van der Waals surface area (Å²) in [4.78, 5) is 12.2. The lowest BCUT2D eigenvalue weighted by Crippen LogP contribution is -2.10. The van der Waals surface area contributed by atoms with Gasteiger partial charge in [-0.15, -0.1) is 0 Å². The molecule has 2 aromatic rings. The fourth-order valence-corrected chi connectivity index (χ4v) is 2.77. The highest BCUT2D eigenvalue weighted by molar-refractivity contribution is 5.98. The lowest BCUT2D eigenvalue weighted by molar-refractivity contribution is 0.0950. The quantitative estimate of drug-likeness (QED) is 0.854. The zero-order chi connectivity index (χ0) is 13.2. The largest absolute Gasteiger partial charge is 0.453 e. The Bertz CT molecular complexity index is 594. The van der Waals surface area contributed by atoms with Crippen LogP contribution < -0.4 is 5.32 Å². The predicted molar refractivity (Wildman–Crippen MR) is 75.5 cm³/mol. The normalized spacial score (nSPS) is 19.1. The highest BCUT2D eigenvalue weighted by Gasteiger charge is 2.18. The van der Waals surface area contributed by atoms with Gasteiger partial charge in [-0.25, -0.2) is 0 Å². The summed E-state index contributed by atoms with van der Waals surface area (Å²) < 4.78 is 5.71. The molecule has 1 unspecified atom stereocenters. The summed E-state index contributed by atoms with van der Waals surface area (Å²) in [5.74, 6) is 1.29. The van der Waals surface area contributed by atoms with E-state index in [9.17, 15) is 4.79 Å². The van der Waals surface area contributed by atoms with E-state index in [1.807, 2.05) is 31.2 Å². The van der Waals surface area contributed by atoms with Crippen molar-refractivity contribution in [2.75, 3.05) is 13.1 Å². The summed E-state index contributed by atoms with van der Waals surface area (Å²) in [6.45, 7) is 4.14. The Morgan fingerprint density at radius 2 is 2.37 bits per heavy atom. The van der Waals surface area contributed by atoms with Crippen molar-refractivity contribution in [3.63, 3.8) is 0 Å². The molecule has 0 bridgehead atoms. The highest BCUT2D eigenvalue weighted by Crippen LogP contribution is 2.24.